The number of carbonyl (C=O) groups is 2. The van der Waals surface area contributed by atoms with Crippen molar-refractivity contribution in [1.29, 1.82) is 0 Å². The molecule has 2 heterocycles. The number of benzene rings is 1. The molecule has 1 aliphatic carbocycles. The van der Waals surface area contributed by atoms with Crippen molar-refractivity contribution in [3.63, 3.8) is 0 Å². The van der Waals surface area contributed by atoms with E-state index in [1.54, 1.807) is 0 Å². The van der Waals surface area contributed by atoms with Gasteiger partial charge < -0.3 is 10.2 Å². The molecule has 6 nitrogen and oxygen atoms in total. The van der Waals surface area contributed by atoms with E-state index in [-0.39, 0.29) is 17.7 Å². The maximum absolute atomic E-state index is 12.9. The van der Waals surface area contributed by atoms with Gasteiger partial charge >= 0.3 is 0 Å². The average Bonchev–Trinajstić information content (AvgIpc) is 3.29. The van der Waals surface area contributed by atoms with Gasteiger partial charge in [-0.05, 0) is 52.0 Å². The van der Waals surface area contributed by atoms with Crippen LogP contribution in [0.5, 0.6) is 0 Å². The van der Waals surface area contributed by atoms with Crippen LogP contribution in [-0.2, 0) is 22.4 Å². The normalized spacial score (nSPS) is 19.0. The van der Waals surface area contributed by atoms with Crippen molar-refractivity contribution in [2.24, 2.45) is 0 Å². The molecule has 1 saturated heterocycles. The highest BCUT2D eigenvalue weighted by Crippen LogP contribution is 2.27. The predicted molar refractivity (Wildman–Crippen MR) is 129 cm³/mol. The monoisotopic (exact) mass is 448 g/mol. The van der Waals surface area contributed by atoms with Gasteiger partial charge in [-0.1, -0.05) is 42.7 Å². The third-order valence-electron chi connectivity index (χ3n) is 7.07. The van der Waals surface area contributed by atoms with Crippen LogP contribution in [0.1, 0.15) is 78.3 Å². The Hall–Kier alpha value is -2.76. The topological polar surface area (TPSA) is 75.2 Å². The molecule has 1 saturated carbocycles. The first-order valence-corrected chi connectivity index (χ1v) is 12.4. The Labute approximate surface area is 197 Å². The molecule has 1 aromatic heterocycles. The zero-order valence-electron chi connectivity index (χ0n) is 20.2. The number of aryl methyl sites for hydroxylation is 3. The summed E-state index contributed by atoms with van der Waals surface area (Å²) in [6.07, 6.45) is 7.27. The van der Waals surface area contributed by atoms with Crippen molar-refractivity contribution in [2.45, 2.75) is 84.1 Å². The van der Waals surface area contributed by atoms with Gasteiger partial charge in [0.05, 0.1) is 12.8 Å². The van der Waals surface area contributed by atoms with Gasteiger partial charge in [-0.3, -0.25) is 9.59 Å². The Bertz CT molecular complexity index is 990. The summed E-state index contributed by atoms with van der Waals surface area (Å²) in [6.45, 7) is 7.44. The maximum Gasteiger partial charge on any atom is 0.227 e. The van der Waals surface area contributed by atoms with E-state index < -0.39 is 0 Å². The van der Waals surface area contributed by atoms with E-state index in [0.717, 1.165) is 60.6 Å². The molecular formula is C27H36N4O2. The summed E-state index contributed by atoms with van der Waals surface area (Å²) in [7, 11) is 0. The molecule has 1 atom stereocenters. The standard InChI is InChI=1S/C27H36N4O2/c1-18-8-6-9-21(14-18)15-26(33)31-13-7-10-22(17-31)27-28-19(2)24(20(3)29-27)16-25(32)30-23-11-4-5-12-23/h6,8-9,14,22-23H,4-5,7,10-13,15-17H2,1-3H3,(H,30,32)/t22-/m0/s1. The van der Waals surface area contributed by atoms with E-state index in [1.165, 1.54) is 18.4 Å². The van der Waals surface area contributed by atoms with Crippen molar-refractivity contribution >= 4 is 11.8 Å². The molecule has 1 N–H and O–H groups in total. The van der Waals surface area contributed by atoms with E-state index in [4.69, 9.17) is 9.97 Å². The number of nitrogens with one attached hydrogen (secondary N) is 1. The summed E-state index contributed by atoms with van der Waals surface area (Å²) in [5, 5.41) is 3.16. The average molecular weight is 449 g/mol. The Kier molecular flexibility index (Phi) is 7.41. The van der Waals surface area contributed by atoms with E-state index in [1.807, 2.05) is 30.9 Å². The minimum absolute atomic E-state index is 0.0648. The first kappa shape index (κ1) is 23.4. The van der Waals surface area contributed by atoms with Crippen molar-refractivity contribution < 1.29 is 9.59 Å². The maximum atomic E-state index is 12.9. The highest BCUT2D eigenvalue weighted by molar-refractivity contribution is 5.79. The van der Waals surface area contributed by atoms with Crippen LogP contribution in [0, 0.1) is 20.8 Å². The highest BCUT2D eigenvalue weighted by atomic mass is 16.2. The van der Waals surface area contributed by atoms with Crippen LogP contribution in [0.4, 0.5) is 0 Å². The van der Waals surface area contributed by atoms with Crippen LogP contribution < -0.4 is 5.32 Å². The van der Waals surface area contributed by atoms with Crippen LogP contribution in [-0.4, -0.2) is 45.8 Å². The molecule has 33 heavy (non-hydrogen) atoms. The lowest BCUT2D eigenvalue weighted by Gasteiger charge is -2.32. The number of rotatable bonds is 6. The first-order valence-electron chi connectivity index (χ1n) is 12.4. The second kappa shape index (κ2) is 10.4. The Morgan fingerprint density at radius 2 is 1.73 bits per heavy atom. The van der Waals surface area contributed by atoms with Gasteiger partial charge in [0.15, 0.2) is 0 Å². The van der Waals surface area contributed by atoms with Gasteiger partial charge in [-0.25, -0.2) is 9.97 Å². The van der Waals surface area contributed by atoms with Crippen molar-refractivity contribution in [2.75, 3.05) is 13.1 Å². The molecule has 2 fully saturated rings. The third kappa shape index (κ3) is 5.98. The van der Waals surface area contributed by atoms with Gasteiger partial charge in [0.1, 0.15) is 5.82 Å². The zero-order chi connectivity index (χ0) is 23.4. The van der Waals surface area contributed by atoms with E-state index in [2.05, 4.69) is 24.4 Å². The number of carbonyl (C=O) groups excluding carboxylic acids is 2. The summed E-state index contributed by atoms with van der Waals surface area (Å²) in [5.41, 5.74) is 4.92. The van der Waals surface area contributed by atoms with Crippen molar-refractivity contribution in [3.05, 3.63) is 58.2 Å². The summed E-state index contributed by atoms with van der Waals surface area (Å²) in [5.74, 6) is 1.17. The van der Waals surface area contributed by atoms with Crippen LogP contribution in [0.2, 0.25) is 0 Å². The highest BCUT2D eigenvalue weighted by Gasteiger charge is 2.28. The van der Waals surface area contributed by atoms with Crippen LogP contribution in [0.15, 0.2) is 24.3 Å². The Balaban J connectivity index is 1.40. The fourth-order valence-electron chi connectivity index (χ4n) is 5.24. The van der Waals surface area contributed by atoms with Gasteiger partial charge in [-0.15, -0.1) is 0 Å². The fraction of sp³-hybridized carbons (Fsp3) is 0.556. The predicted octanol–water partition coefficient (Wildman–Crippen LogP) is 3.95. The molecule has 1 aliphatic heterocycles. The largest absolute Gasteiger partial charge is 0.353 e. The molecular weight excluding hydrogens is 412 g/mol. The minimum Gasteiger partial charge on any atom is -0.353 e. The smallest absolute Gasteiger partial charge is 0.227 e. The Morgan fingerprint density at radius 3 is 2.42 bits per heavy atom. The molecule has 0 radical (unpaired) electrons. The summed E-state index contributed by atoms with van der Waals surface area (Å²) in [4.78, 5) is 37.1. The summed E-state index contributed by atoms with van der Waals surface area (Å²) >= 11 is 0. The first-order chi connectivity index (χ1) is 15.9. The second-order valence-electron chi connectivity index (χ2n) is 9.80. The number of aromatic nitrogens is 2. The van der Waals surface area contributed by atoms with Gasteiger partial charge in [-0.2, -0.15) is 0 Å². The molecule has 1 aromatic carbocycles. The van der Waals surface area contributed by atoms with Gasteiger partial charge in [0, 0.05) is 42.0 Å². The van der Waals surface area contributed by atoms with E-state index in [9.17, 15) is 9.59 Å². The lowest BCUT2D eigenvalue weighted by atomic mass is 9.95. The van der Waals surface area contributed by atoms with Crippen LogP contribution >= 0.6 is 0 Å². The zero-order valence-corrected chi connectivity index (χ0v) is 20.2. The third-order valence-corrected chi connectivity index (χ3v) is 7.07. The van der Waals surface area contributed by atoms with Gasteiger partial charge in [0.25, 0.3) is 0 Å². The summed E-state index contributed by atoms with van der Waals surface area (Å²) < 4.78 is 0. The number of hydrogen-bond acceptors (Lipinski definition) is 4. The number of nitrogens with zero attached hydrogens (tertiary/aromatic N) is 3. The SMILES string of the molecule is Cc1cccc(CC(=O)N2CCC[C@H](c3nc(C)c(CC(=O)NC4CCCC4)c(C)n3)C2)c1. The molecule has 2 aromatic rings. The molecule has 176 valence electrons. The number of likely N-dealkylation sites (tertiary alicyclic amines) is 1. The molecule has 2 aliphatic rings. The molecule has 0 spiro atoms. The lowest BCUT2D eigenvalue weighted by molar-refractivity contribution is -0.131. The van der Waals surface area contributed by atoms with Crippen molar-refractivity contribution in [3.8, 4) is 0 Å². The quantitative estimate of drug-likeness (QED) is 0.726. The number of hydrogen-bond donors (Lipinski definition) is 1. The van der Waals surface area contributed by atoms with E-state index >= 15 is 0 Å². The molecule has 2 amide bonds. The Morgan fingerprint density at radius 1 is 1.00 bits per heavy atom. The van der Waals surface area contributed by atoms with Gasteiger partial charge in [0.2, 0.25) is 11.8 Å². The van der Waals surface area contributed by atoms with E-state index in [0.29, 0.717) is 25.4 Å². The van der Waals surface area contributed by atoms with Crippen LogP contribution in [0.25, 0.3) is 0 Å². The fourth-order valence-corrected chi connectivity index (χ4v) is 5.24. The summed E-state index contributed by atoms with van der Waals surface area (Å²) in [6, 6.07) is 8.48. The minimum atomic E-state index is 0.0648. The lowest BCUT2D eigenvalue weighted by Crippen LogP contribution is -2.40. The molecule has 0 unspecified atom stereocenters. The van der Waals surface area contributed by atoms with Crippen LogP contribution in [0.3, 0.4) is 0 Å². The molecule has 6 heteroatoms. The second-order valence-corrected chi connectivity index (χ2v) is 9.80. The molecule has 0 bridgehead atoms. The number of amides is 2. The van der Waals surface area contributed by atoms with Crippen molar-refractivity contribution in [1.82, 2.24) is 20.2 Å². The molecule has 4 rings (SSSR count). The number of piperidine rings is 1.